The van der Waals surface area contributed by atoms with E-state index in [4.69, 9.17) is 8.32 Å². The van der Waals surface area contributed by atoms with Crippen LogP contribution in [0.4, 0.5) is 0 Å². The Morgan fingerprint density at radius 3 is 1.50 bits per heavy atom. The molecule has 0 bridgehead atoms. The van der Waals surface area contributed by atoms with Crippen LogP contribution in [-0.4, -0.2) is 24.5 Å². The molecule has 0 aromatic carbocycles. The molecule has 4 heavy (non-hydrogen) atoms. The van der Waals surface area contributed by atoms with Crippen molar-refractivity contribution in [3.8, 4) is 0 Å². The van der Waals surface area contributed by atoms with Gasteiger partial charge in [0.2, 0.25) is 0 Å². The molecular formula is HClPSTl. The standard InChI is InChI=1S/ClH.HPS.Tl/c;1-2;/h1H;1H;/q;;+1/p-1. The predicted octanol–water partition coefficient (Wildman–Crippen LogP) is 0.900. The Bertz CT molecular complexity index is 8.00. The molecule has 22 valence electrons. The zero-order valence-corrected chi connectivity index (χ0v) is 8.92. The van der Waals surface area contributed by atoms with Crippen LogP contribution in [0.15, 0.2) is 0 Å². The van der Waals surface area contributed by atoms with Crippen LogP contribution in [0, 0.1) is 0 Å². The fraction of sp³-hybridized carbons (Fsp3) is 0. The quantitative estimate of drug-likeness (QED) is 0.473. The molecular weight excluding hydrogens is 303 g/mol. The minimum absolute atomic E-state index is 0.639. The second kappa shape index (κ2) is 22.0. The Balaban J connectivity index is 0. The maximum absolute atomic E-state index is 4.81. The van der Waals surface area contributed by atoms with Crippen LogP contribution < -0.4 is 0 Å². The molecule has 0 radical (unpaired) electrons. The van der Waals surface area contributed by atoms with E-state index < -0.39 is 0 Å². The molecule has 0 saturated heterocycles. The monoisotopic (exact) mass is 304 g/mol. The van der Waals surface area contributed by atoms with Gasteiger partial charge in [-0.3, -0.25) is 0 Å². The number of rotatable bonds is 0. The van der Waals surface area contributed by atoms with Crippen molar-refractivity contribution in [2.45, 2.75) is 0 Å². The fourth-order valence-corrected chi connectivity index (χ4v) is 0. The van der Waals surface area contributed by atoms with E-state index in [-0.39, 0.29) is 0 Å². The first-order valence-electron chi connectivity index (χ1n) is 0.422. The molecule has 0 aromatic rings. The number of halogens is 1. The third-order valence-electron chi connectivity index (χ3n) is 0. The van der Waals surface area contributed by atoms with Crippen molar-refractivity contribution in [2.24, 2.45) is 0 Å². The van der Waals surface area contributed by atoms with Gasteiger partial charge in [0.05, 0.1) is 0 Å². The van der Waals surface area contributed by atoms with Crippen LogP contribution in [0.2, 0.25) is 0 Å². The summed E-state index contributed by atoms with van der Waals surface area (Å²) in [5.74, 6) is 0. The Kier molecular flexibility index (Phi) is 50.6. The van der Waals surface area contributed by atoms with Gasteiger partial charge < -0.3 is 0 Å². The molecule has 0 aliphatic heterocycles. The van der Waals surface area contributed by atoms with Gasteiger partial charge in [0.25, 0.3) is 0 Å². The molecule has 0 amide bonds. The van der Waals surface area contributed by atoms with E-state index in [1.807, 2.05) is 0 Å². The zero-order chi connectivity index (χ0) is 4.00. The Hall–Kier alpha value is 1.73. The van der Waals surface area contributed by atoms with Gasteiger partial charge in [-0.25, -0.2) is 0 Å². The molecule has 0 saturated carbocycles. The molecule has 0 aliphatic carbocycles. The van der Waals surface area contributed by atoms with Crippen molar-refractivity contribution in [3.05, 3.63) is 0 Å². The molecule has 0 aromatic heterocycles. The van der Waals surface area contributed by atoms with Crippen molar-refractivity contribution in [2.75, 3.05) is 0 Å². The second-order valence-electron chi connectivity index (χ2n) is 0. The van der Waals surface area contributed by atoms with E-state index in [1.54, 1.807) is 0 Å². The number of hydrogen-bond acceptors (Lipinski definition) is 1. The zero-order valence-electron chi connectivity index (χ0n) is 1.86. The first kappa shape index (κ1) is 9.22. The van der Waals surface area contributed by atoms with Crippen molar-refractivity contribution in [1.29, 1.82) is 0 Å². The summed E-state index contributed by atoms with van der Waals surface area (Å²) in [5.41, 5.74) is 0. The second-order valence-corrected chi connectivity index (χ2v) is 0. The Morgan fingerprint density at radius 2 is 1.50 bits per heavy atom. The topological polar surface area (TPSA) is 0 Å². The first-order chi connectivity index (χ1) is 2.00. The summed E-state index contributed by atoms with van der Waals surface area (Å²) >= 11 is 4.53. The van der Waals surface area contributed by atoms with Crippen LogP contribution in [0.25, 0.3) is 0 Å². The minimum atomic E-state index is 0.639. The Labute approximate surface area is 52.3 Å². The van der Waals surface area contributed by atoms with Crippen molar-refractivity contribution in [1.82, 2.24) is 0 Å². The van der Waals surface area contributed by atoms with E-state index >= 15 is 0 Å². The van der Waals surface area contributed by atoms with Gasteiger partial charge in [-0.05, 0) is 8.02 Å². The fourth-order valence-electron chi connectivity index (χ4n) is 0. The average Bonchev–Trinajstić information content (AvgIpc) is 1.50. The van der Waals surface area contributed by atoms with E-state index in [0.717, 1.165) is 0 Å². The van der Waals surface area contributed by atoms with Crippen molar-refractivity contribution < 1.29 is 0 Å². The molecule has 0 fully saturated rings. The normalized spacial score (nSPS) is 2.00. The third-order valence-corrected chi connectivity index (χ3v) is 0. The number of hydrogen-bond donors (Lipinski definition) is 0. The summed E-state index contributed by atoms with van der Waals surface area (Å²) in [6.07, 6.45) is 0. The van der Waals surface area contributed by atoms with Gasteiger partial charge in [-0.15, -0.1) is 0 Å². The van der Waals surface area contributed by atoms with Crippen LogP contribution >= 0.6 is 16.3 Å². The summed E-state index contributed by atoms with van der Waals surface area (Å²) in [6.45, 7) is 0. The summed E-state index contributed by atoms with van der Waals surface area (Å²) in [6, 6.07) is 0. The molecule has 0 N–H and O–H groups in total. The summed E-state index contributed by atoms with van der Waals surface area (Å²) < 4.78 is 0. The Morgan fingerprint density at radius 1 is 1.50 bits per heavy atom. The summed E-state index contributed by atoms with van der Waals surface area (Å²) in [5, 5.41) is 0. The van der Waals surface area contributed by atoms with E-state index in [9.17, 15) is 0 Å². The van der Waals surface area contributed by atoms with Gasteiger partial charge in [-0.1, -0.05) is 11.8 Å². The van der Waals surface area contributed by atoms with Gasteiger partial charge in [-0.2, -0.15) is 0 Å². The van der Waals surface area contributed by atoms with Crippen LogP contribution in [-0.2, 0) is 11.8 Å². The molecule has 0 nitrogen and oxygen atoms in total. The summed E-state index contributed by atoms with van der Waals surface area (Å²) in [4.78, 5) is 0. The molecule has 0 spiro atoms. The van der Waals surface area contributed by atoms with Gasteiger partial charge >= 0.3 is 32.9 Å². The molecule has 0 rings (SSSR count). The molecule has 0 atom stereocenters. The van der Waals surface area contributed by atoms with E-state index in [2.05, 4.69) is 19.8 Å². The van der Waals surface area contributed by atoms with Crippen LogP contribution in [0.5, 0.6) is 0 Å². The molecule has 0 heterocycles. The van der Waals surface area contributed by atoms with Gasteiger partial charge in [0, 0.05) is 0 Å². The molecule has 0 aliphatic rings. The maximum atomic E-state index is 4.81. The molecule has 0 unspecified atom stereocenters. The van der Waals surface area contributed by atoms with Crippen molar-refractivity contribution in [3.63, 3.8) is 0 Å². The van der Waals surface area contributed by atoms with Crippen LogP contribution in [0.3, 0.4) is 0 Å². The predicted molar refractivity (Wildman–Crippen MR) is 27.3 cm³/mol. The molecule has 4 heteroatoms. The van der Waals surface area contributed by atoms with E-state index in [1.165, 1.54) is 0 Å². The first-order valence-corrected chi connectivity index (χ1v) is 7.58. The van der Waals surface area contributed by atoms with Gasteiger partial charge in [0.15, 0.2) is 0 Å². The van der Waals surface area contributed by atoms with Crippen molar-refractivity contribution >= 4 is 52.7 Å². The van der Waals surface area contributed by atoms with E-state index in [0.29, 0.717) is 24.5 Å². The van der Waals surface area contributed by atoms with Gasteiger partial charge in [0.1, 0.15) is 0 Å². The summed E-state index contributed by atoms with van der Waals surface area (Å²) in [7, 11) is 7.36. The third kappa shape index (κ3) is 9.29. The average molecular weight is 304 g/mol. The van der Waals surface area contributed by atoms with Crippen LogP contribution in [0.1, 0.15) is 0 Å². The SMILES string of the molecule is P=S.[Cl][Tl].